The third-order valence-electron chi connectivity index (χ3n) is 4.88. The van der Waals surface area contributed by atoms with E-state index in [1.807, 2.05) is 19.9 Å². The Morgan fingerprint density at radius 2 is 2.03 bits per heavy atom. The predicted octanol–water partition coefficient (Wildman–Crippen LogP) is 3.02. The van der Waals surface area contributed by atoms with Gasteiger partial charge in [0.1, 0.15) is 21.5 Å². The van der Waals surface area contributed by atoms with Gasteiger partial charge in [0.15, 0.2) is 0 Å². The molecule has 0 aliphatic rings. The molecule has 0 saturated heterocycles. The minimum absolute atomic E-state index is 0.160. The summed E-state index contributed by atoms with van der Waals surface area (Å²) in [6, 6.07) is 7.13. The Morgan fingerprint density at radius 1 is 1.31 bits per heavy atom. The van der Waals surface area contributed by atoms with Gasteiger partial charge in [0, 0.05) is 6.21 Å². The third kappa shape index (κ3) is 4.10. The topological polar surface area (TPSA) is 138 Å². The molecular weight excluding hydrogens is 432 g/mol. The number of aryl methyl sites for hydroxylation is 2. The fraction of sp³-hybridized carbons (Fsp3) is 0.227. The molecule has 2 aromatic heterocycles. The van der Waals surface area contributed by atoms with Crippen LogP contribution < -0.4 is 11.2 Å². The van der Waals surface area contributed by atoms with Crippen molar-refractivity contribution in [1.29, 1.82) is 5.26 Å². The molecule has 0 saturated carbocycles. The van der Waals surface area contributed by atoms with E-state index < -0.39 is 23.1 Å². The number of nitriles is 1. The number of carbonyl (C=O) groups excluding carboxylic acids is 1. The van der Waals surface area contributed by atoms with Crippen molar-refractivity contribution in [3.8, 4) is 17.6 Å². The van der Waals surface area contributed by atoms with Gasteiger partial charge >= 0.3 is 11.7 Å². The van der Waals surface area contributed by atoms with Crippen molar-refractivity contribution in [2.45, 2.75) is 27.7 Å². The highest BCUT2D eigenvalue weighted by Gasteiger charge is 2.21. The molecule has 0 fully saturated rings. The standard InChI is InChI=1S/C22H20N4O5S/c1-5-31-21(29)17-13(4)15(9-23)19(32-17)24-10-16-18(27)25-22(30)26(20(16)28)14-7-6-11(2)12(3)8-14/h6-8,10,28H,5H2,1-4H3,(H,25,27,30). The molecule has 164 valence electrons. The Morgan fingerprint density at radius 3 is 2.66 bits per heavy atom. The van der Waals surface area contributed by atoms with Crippen LogP contribution in [0, 0.1) is 32.1 Å². The van der Waals surface area contributed by atoms with Gasteiger partial charge in [-0.3, -0.25) is 9.78 Å². The van der Waals surface area contributed by atoms with Gasteiger partial charge in [-0.25, -0.2) is 19.1 Å². The zero-order valence-electron chi connectivity index (χ0n) is 17.8. The maximum atomic E-state index is 12.4. The quantitative estimate of drug-likeness (QED) is 0.451. The second-order valence-electron chi connectivity index (χ2n) is 6.93. The molecule has 0 radical (unpaired) electrons. The number of carbonyl (C=O) groups is 1. The molecule has 10 heteroatoms. The Balaban J connectivity index is 2.13. The number of aromatic amines is 1. The fourth-order valence-corrected chi connectivity index (χ4v) is 3.99. The molecule has 2 heterocycles. The van der Waals surface area contributed by atoms with Crippen LogP contribution in [-0.2, 0) is 4.74 Å². The predicted molar refractivity (Wildman–Crippen MR) is 121 cm³/mol. The molecule has 0 atom stereocenters. The summed E-state index contributed by atoms with van der Waals surface area (Å²) in [4.78, 5) is 43.4. The summed E-state index contributed by atoms with van der Waals surface area (Å²) < 4.78 is 5.96. The SMILES string of the molecule is CCOC(=O)c1sc(N=Cc2c(O)n(-c3ccc(C)c(C)c3)c(=O)[nH]c2=O)c(C#N)c1C. The summed E-state index contributed by atoms with van der Waals surface area (Å²) in [6.45, 7) is 7.22. The van der Waals surface area contributed by atoms with Crippen molar-refractivity contribution in [3.05, 3.63) is 71.7 Å². The highest BCUT2D eigenvalue weighted by Crippen LogP contribution is 2.35. The molecule has 0 aliphatic heterocycles. The smallest absolute Gasteiger partial charge is 0.348 e. The number of esters is 1. The maximum absolute atomic E-state index is 12.4. The minimum Gasteiger partial charge on any atom is -0.493 e. The summed E-state index contributed by atoms with van der Waals surface area (Å²) in [5.74, 6) is -1.17. The number of nitrogens with one attached hydrogen (secondary N) is 1. The summed E-state index contributed by atoms with van der Waals surface area (Å²) >= 11 is 0.940. The molecule has 32 heavy (non-hydrogen) atoms. The van der Waals surface area contributed by atoms with Gasteiger partial charge in [0.2, 0.25) is 5.88 Å². The van der Waals surface area contributed by atoms with Crippen LogP contribution in [0.3, 0.4) is 0 Å². The number of benzene rings is 1. The van der Waals surface area contributed by atoms with E-state index in [9.17, 15) is 24.8 Å². The number of hydrogen-bond donors (Lipinski definition) is 2. The molecule has 0 bridgehead atoms. The van der Waals surface area contributed by atoms with Crippen LogP contribution >= 0.6 is 11.3 Å². The van der Waals surface area contributed by atoms with E-state index in [1.54, 1.807) is 32.0 Å². The number of nitrogens with zero attached hydrogens (tertiary/aromatic N) is 3. The van der Waals surface area contributed by atoms with Crippen molar-refractivity contribution in [1.82, 2.24) is 9.55 Å². The highest BCUT2D eigenvalue weighted by atomic mass is 32.1. The monoisotopic (exact) mass is 452 g/mol. The number of thiophene rings is 1. The van der Waals surface area contributed by atoms with Gasteiger partial charge in [0.25, 0.3) is 5.56 Å². The first-order valence-corrected chi connectivity index (χ1v) is 10.4. The van der Waals surface area contributed by atoms with Crippen molar-refractivity contribution in [2.24, 2.45) is 4.99 Å². The zero-order chi connectivity index (χ0) is 23.6. The number of hydrogen-bond acceptors (Lipinski definition) is 8. The number of aromatic nitrogens is 2. The Bertz CT molecular complexity index is 1410. The van der Waals surface area contributed by atoms with Crippen LogP contribution in [0.4, 0.5) is 5.00 Å². The number of aromatic hydroxyl groups is 1. The van der Waals surface area contributed by atoms with Gasteiger partial charge in [-0.2, -0.15) is 5.26 Å². The van der Waals surface area contributed by atoms with E-state index >= 15 is 0 Å². The van der Waals surface area contributed by atoms with Crippen LogP contribution in [0.15, 0.2) is 32.8 Å². The zero-order valence-corrected chi connectivity index (χ0v) is 18.7. The van der Waals surface area contributed by atoms with Crippen LogP contribution in [0.5, 0.6) is 5.88 Å². The lowest BCUT2D eigenvalue weighted by Crippen LogP contribution is -2.31. The molecule has 0 spiro atoms. The lowest BCUT2D eigenvalue weighted by molar-refractivity contribution is 0.0531. The second kappa shape index (κ2) is 9.03. The molecule has 3 rings (SSSR count). The van der Waals surface area contributed by atoms with Crippen molar-refractivity contribution in [3.63, 3.8) is 0 Å². The van der Waals surface area contributed by atoms with Gasteiger partial charge < -0.3 is 9.84 Å². The van der Waals surface area contributed by atoms with E-state index in [0.29, 0.717) is 11.3 Å². The lowest BCUT2D eigenvalue weighted by Gasteiger charge is -2.11. The summed E-state index contributed by atoms with van der Waals surface area (Å²) in [5, 5.41) is 20.4. The average molecular weight is 452 g/mol. The average Bonchev–Trinajstić information content (AvgIpc) is 3.05. The summed E-state index contributed by atoms with van der Waals surface area (Å²) in [6.07, 6.45) is 1.06. The first kappa shape index (κ1) is 22.7. The Labute approximate surface area is 186 Å². The lowest BCUT2D eigenvalue weighted by atomic mass is 10.1. The van der Waals surface area contributed by atoms with Crippen molar-refractivity contribution >= 4 is 28.5 Å². The second-order valence-corrected chi connectivity index (χ2v) is 7.93. The number of ether oxygens (including phenoxy) is 1. The molecule has 0 amide bonds. The molecule has 9 nitrogen and oxygen atoms in total. The number of H-pyrrole nitrogens is 1. The highest BCUT2D eigenvalue weighted by molar-refractivity contribution is 7.18. The van der Waals surface area contributed by atoms with Gasteiger partial charge in [-0.15, -0.1) is 11.3 Å². The molecule has 1 aromatic carbocycles. The normalized spacial score (nSPS) is 11.0. The first-order chi connectivity index (χ1) is 15.2. The Kier molecular flexibility index (Phi) is 6.41. The van der Waals surface area contributed by atoms with Crippen LogP contribution in [0.25, 0.3) is 5.69 Å². The van der Waals surface area contributed by atoms with Gasteiger partial charge in [-0.1, -0.05) is 6.07 Å². The van der Waals surface area contributed by atoms with E-state index in [-0.39, 0.29) is 27.6 Å². The first-order valence-electron chi connectivity index (χ1n) is 9.60. The van der Waals surface area contributed by atoms with Crippen molar-refractivity contribution in [2.75, 3.05) is 6.61 Å². The molecule has 3 aromatic rings. The van der Waals surface area contributed by atoms with Crippen LogP contribution in [0.1, 0.15) is 44.4 Å². The Hall–Kier alpha value is -3.97. The van der Waals surface area contributed by atoms with E-state index in [2.05, 4.69) is 9.98 Å². The summed E-state index contributed by atoms with van der Waals surface area (Å²) in [7, 11) is 0. The maximum Gasteiger partial charge on any atom is 0.348 e. The van der Waals surface area contributed by atoms with E-state index in [0.717, 1.165) is 33.2 Å². The van der Waals surface area contributed by atoms with E-state index in [4.69, 9.17) is 4.74 Å². The molecule has 0 unspecified atom stereocenters. The van der Waals surface area contributed by atoms with Crippen LogP contribution in [-0.4, -0.2) is 33.4 Å². The number of aliphatic imine (C=N–C) groups is 1. The van der Waals surface area contributed by atoms with Gasteiger partial charge in [-0.05, 0) is 56.5 Å². The molecule has 2 N–H and O–H groups in total. The van der Waals surface area contributed by atoms with Crippen molar-refractivity contribution < 1.29 is 14.6 Å². The largest absolute Gasteiger partial charge is 0.493 e. The fourth-order valence-electron chi connectivity index (χ4n) is 2.99. The number of rotatable bonds is 5. The third-order valence-corrected chi connectivity index (χ3v) is 6.06. The molecular formula is C22H20N4O5S. The van der Waals surface area contributed by atoms with Crippen LogP contribution in [0.2, 0.25) is 0 Å². The summed E-state index contributed by atoms with van der Waals surface area (Å²) in [5.41, 5.74) is 0.938. The van der Waals surface area contributed by atoms with E-state index in [1.165, 1.54) is 0 Å². The minimum atomic E-state index is -0.839. The molecule has 0 aliphatic carbocycles. The van der Waals surface area contributed by atoms with Gasteiger partial charge in [0.05, 0.1) is 17.9 Å².